The van der Waals surface area contributed by atoms with E-state index in [0.717, 1.165) is 45.1 Å². The lowest BCUT2D eigenvalue weighted by atomic mass is 9.71. The first-order valence-electron chi connectivity index (χ1n) is 7.15. The lowest BCUT2D eigenvalue weighted by Gasteiger charge is -2.36. The molecule has 1 aliphatic carbocycles. The molecule has 0 bridgehead atoms. The first-order valence-corrected chi connectivity index (χ1v) is 7.15. The topological polar surface area (TPSA) is 61.6 Å². The smallest absolute Gasteiger partial charge is 0.313 e. The Hall–Kier alpha value is -0.610. The van der Waals surface area contributed by atoms with E-state index >= 15 is 0 Å². The summed E-state index contributed by atoms with van der Waals surface area (Å²) in [7, 11) is 0. The number of carbonyl (C=O) groups is 1. The third-order valence-electron chi connectivity index (χ3n) is 4.48. The van der Waals surface area contributed by atoms with Gasteiger partial charge in [-0.15, -0.1) is 0 Å². The van der Waals surface area contributed by atoms with Crippen molar-refractivity contribution in [3.05, 3.63) is 0 Å². The van der Waals surface area contributed by atoms with Crippen LogP contribution in [-0.4, -0.2) is 31.8 Å². The van der Waals surface area contributed by atoms with E-state index in [-0.39, 0.29) is 12.1 Å². The van der Waals surface area contributed by atoms with Gasteiger partial charge >= 0.3 is 5.97 Å². The van der Waals surface area contributed by atoms with Crippen LogP contribution in [0.25, 0.3) is 0 Å². The van der Waals surface area contributed by atoms with E-state index in [9.17, 15) is 4.79 Å². The lowest BCUT2D eigenvalue weighted by Crippen LogP contribution is -2.43. The summed E-state index contributed by atoms with van der Waals surface area (Å²) < 4.78 is 10.9. The SMILES string of the molecule is CC1CCC(CN)(C(=O)OCC2CCCO2)CC1. The molecule has 4 nitrogen and oxygen atoms in total. The van der Waals surface area contributed by atoms with Crippen LogP contribution in [0.2, 0.25) is 0 Å². The average molecular weight is 255 g/mol. The first kappa shape index (κ1) is 13.8. The Morgan fingerprint density at radius 1 is 1.39 bits per heavy atom. The van der Waals surface area contributed by atoms with Gasteiger partial charge in [-0.25, -0.2) is 0 Å². The molecule has 0 aromatic rings. The van der Waals surface area contributed by atoms with Crippen molar-refractivity contribution in [2.45, 2.75) is 51.6 Å². The molecule has 2 N–H and O–H groups in total. The van der Waals surface area contributed by atoms with E-state index in [0.29, 0.717) is 19.1 Å². The van der Waals surface area contributed by atoms with Crippen molar-refractivity contribution in [1.82, 2.24) is 0 Å². The van der Waals surface area contributed by atoms with Crippen LogP contribution in [0.15, 0.2) is 0 Å². The van der Waals surface area contributed by atoms with Gasteiger partial charge in [0.2, 0.25) is 0 Å². The molecule has 0 aromatic carbocycles. The number of esters is 1. The van der Waals surface area contributed by atoms with Crippen LogP contribution in [-0.2, 0) is 14.3 Å². The highest BCUT2D eigenvalue weighted by Crippen LogP contribution is 2.39. The number of ether oxygens (including phenoxy) is 2. The van der Waals surface area contributed by atoms with Gasteiger partial charge in [-0.3, -0.25) is 4.79 Å². The summed E-state index contributed by atoms with van der Waals surface area (Å²) in [6.07, 6.45) is 6.07. The molecule has 0 spiro atoms. The molecule has 0 amide bonds. The second kappa shape index (κ2) is 6.02. The summed E-state index contributed by atoms with van der Waals surface area (Å²) in [5.74, 6) is 0.600. The van der Waals surface area contributed by atoms with Crippen LogP contribution in [0, 0.1) is 11.3 Å². The molecule has 2 rings (SSSR count). The predicted octanol–water partition coefficient (Wildman–Crippen LogP) is 1.86. The van der Waals surface area contributed by atoms with E-state index in [1.807, 2.05) is 0 Å². The van der Waals surface area contributed by atoms with Crippen LogP contribution in [0.5, 0.6) is 0 Å². The number of nitrogens with two attached hydrogens (primary N) is 1. The van der Waals surface area contributed by atoms with Crippen molar-refractivity contribution in [2.75, 3.05) is 19.8 Å². The maximum atomic E-state index is 12.3. The molecule has 1 unspecified atom stereocenters. The van der Waals surface area contributed by atoms with Crippen LogP contribution in [0.4, 0.5) is 0 Å². The highest BCUT2D eigenvalue weighted by atomic mass is 16.6. The summed E-state index contributed by atoms with van der Waals surface area (Å²) in [4.78, 5) is 12.3. The first-order chi connectivity index (χ1) is 8.66. The molecular formula is C14H25NO3. The zero-order chi connectivity index (χ0) is 13.0. The van der Waals surface area contributed by atoms with Gasteiger partial charge in [-0.05, 0) is 44.4 Å². The van der Waals surface area contributed by atoms with E-state index in [2.05, 4.69) is 6.92 Å². The van der Waals surface area contributed by atoms with E-state index in [1.54, 1.807) is 0 Å². The molecular weight excluding hydrogens is 230 g/mol. The molecule has 104 valence electrons. The molecule has 2 aliphatic rings. The van der Waals surface area contributed by atoms with Gasteiger partial charge in [-0.2, -0.15) is 0 Å². The third kappa shape index (κ3) is 3.04. The second-order valence-electron chi connectivity index (χ2n) is 5.90. The summed E-state index contributed by atoms with van der Waals surface area (Å²) in [5.41, 5.74) is 5.41. The highest BCUT2D eigenvalue weighted by Gasteiger charge is 2.41. The van der Waals surface area contributed by atoms with Gasteiger partial charge in [0.25, 0.3) is 0 Å². The number of rotatable bonds is 4. The number of carbonyl (C=O) groups excluding carboxylic acids is 1. The zero-order valence-corrected chi connectivity index (χ0v) is 11.3. The Labute approximate surface area is 109 Å². The van der Waals surface area contributed by atoms with E-state index in [4.69, 9.17) is 15.2 Å². The molecule has 1 saturated heterocycles. The fourth-order valence-electron chi connectivity index (χ4n) is 2.90. The average Bonchev–Trinajstić information content (AvgIpc) is 2.90. The second-order valence-corrected chi connectivity index (χ2v) is 5.90. The minimum atomic E-state index is -0.425. The van der Waals surface area contributed by atoms with Crippen LogP contribution >= 0.6 is 0 Å². The Morgan fingerprint density at radius 3 is 2.67 bits per heavy atom. The van der Waals surface area contributed by atoms with Crippen LogP contribution in [0.3, 0.4) is 0 Å². The Kier molecular flexibility index (Phi) is 4.62. The summed E-state index contributed by atoms with van der Waals surface area (Å²) in [6.45, 7) is 3.83. The van der Waals surface area contributed by atoms with Crippen molar-refractivity contribution >= 4 is 5.97 Å². The molecule has 1 saturated carbocycles. The Bertz CT molecular complexity index is 279. The molecule has 0 aromatic heterocycles. The van der Waals surface area contributed by atoms with Crippen molar-refractivity contribution in [1.29, 1.82) is 0 Å². The molecule has 2 fully saturated rings. The fourth-order valence-corrected chi connectivity index (χ4v) is 2.90. The molecule has 0 radical (unpaired) electrons. The number of hydrogen-bond donors (Lipinski definition) is 1. The van der Waals surface area contributed by atoms with Gasteiger partial charge in [0.05, 0.1) is 11.5 Å². The van der Waals surface area contributed by atoms with E-state index < -0.39 is 5.41 Å². The minimum Gasteiger partial charge on any atom is -0.462 e. The maximum absolute atomic E-state index is 12.3. The predicted molar refractivity (Wildman–Crippen MR) is 69.1 cm³/mol. The molecule has 4 heteroatoms. The van der Waals surface area contributed by atoms with Crippen molar-refractivity contribution in [3.8, 4) is 0 Å². The van der Waals surface area contributed by atoms with Gasteiger partial charge in [0.15, 0.2) is 0 Å². The summed E-state index contributed by atoms with van der Waals surface area (Å²) in [5, 5.41) is 0. The van der Waals surface area contributed by atoms with Gasteiger partial charge < -0.3 is 15.2 Å². The third-order valence-corrected chi connectivity index (χ3v) is 4.48. The monoisotopic (exact) mass is 255 g/mol. The molecule has 1 atom stereocenters. The molecule has 18 heavy (non-hydrogen) atoms. The maximum Gasteiger partial charge on any atom is 0.313 e. The van der Waals surface area contributed by atoms with Gasteiger partial charge in [0, 0.05) is 13.2 Å². The van der Waals surface area contributed by atoms with Crippen LogP contribution < -0.4 is 5.73 Å². The van der Waals surface area contributed by atoms with E-state index in [1.165, 1.54) is 0 Å². The zero-order valence-electron chi connectivity index (χ0n) is 11.3. The fraction of sp³-hybridized carbons (Fsp3) is 0.929. The number of hydrogen-bond acceptors (Lipinski definition) is 4. The van der Waals surface area contributed by atoms with Gasteiger partial charge in [0.1, 0.15) is 6.61 Å². The highest BCUT2D eigenvalue weighted by molar-refractivity contribution is 5.77. The Balaban J connectivity index is 1.84. The summed E-state index contributed by atoms with van der Waals surface area (Å²) >= 11 is 0. The lowest BCUT2D eigenvalue weighted by molar-refractivity contribution is -0.161. The minimum absolute atomic E-state index is 0.103. The van der Waals surface area contributed by atoms with Gasteiger partial charge in [-0.1, -0.05) is 6.92 Å². The van der Waals surface area contributed by atoms with Crippen molar-refractivity contribution in [3.63, 3.8) is 0 Å². The van der Waals surface area contributed by atoms with Crippen molar-refractivity contribution in [2.24, 2.45) is 17.1 Å². The standard InChI is InChI=1S/C14H25NO3/c1-11-4-6-14(10-15,7-5-11)13(16)18-9-12-3-2-8-17-12/h11-12H,2-10,15H2,1H3. The largest absolute Gasteiger partial charge is 0.462 e. The Morgan fingerprint density at radius 2 is 2.11 bits per heavy atom. The molecule has 1 heterocycles. The normalized spacial score (nSPS) is 36.6. The van der Waals surface area contributed by atoms with Crippen LogP contribution in [0.1, 0.15) is 45.4 Å². The molecule has 1 aliphatic heterocycles. The quantitative estimate of drug-likeness (QED) is 0.779. The van der Waals surface area contributed by atoms with Crippen molar-refractivity contribution < 1.29 is 14.3 Å². The summed E-state index contributed by atoms with van der Waals surface area (Å²) in [6, 6.07) is 0.